The van der Waals surface area contributed by atoms with Crippen molar-refractivity contribution in [1.29, 1.82) is 0 Å². The summed E-state index contributed by atoms with van der Waals surface area (Å²) in [6, 6.07) is -0.588. The van der Waals surface area contributed by atoms with Gasteiger partial charge in [-0.2, -0.15) is 4.89 Å². The molecule has 4 unspecified atom stereocenters. The van der Waals surface area contributed by atoms with Crippen molar-refractivity contribution < 1.29 is 19.4 Å². The average molecular weight is 208 g/mol. The predicted molar refractivity (Wildman–Crippen MR) is 48.7 cm³/mol. The predicted octanol–water partition coefficient (Wildman–Crippen LogP) is 0.548. The highest BCUT2D eigenvalue weighted by atomic mass is 31.1. The van der Waals surface area contributed by atoms with Crippen LogP contribution in [0.15, 0.2) is 0 Å². The zero-order valence-electron chi connectivity index (χ0n) is 7.67. The molecule has 0 aromatic carbocycles. The van der Waals surface area contributed by atoms with Crippen molar-refractivity contribution in [3.05, 3.63) is 0 Å². The van der Waals surface area contributed by atoms with E-state index in [1.165, 1.54) is 0 Å². The second-order valence-corrected chi connectivity index (χ2v) is 4.21. The molecule has 6 heteroatoms. The second kappa shape index (κ2) is 5.27. The normalized spacial score (nSPS) is 18.9. The maximum absolute atomic E-state index is 10.9. The number of nitrogens with two attached hydrogens (primary N) is 1. The molecule has 0 aliphatic carbocycles. The van der Waals surface area contributed by atoms with Gasteiger partial charge in [0.15, 0.2) is 0 Å². The molecule has 0 amide bonds. The number of rotatable bonds is 5. The van der Waals surface area contributed by atoms with Crippen molar-refractivity contribution in [2.75, 3.05) is 0 Å². The monoisotopic (exact) mass is 208 g/mol. The first-order chi connectivity index (χ1) is 5.91. The fraction of sp³-hybridized carbons (Fsp3) is 0.857. The van der Waals surface area contributed by atoms with E-state index in [4.69, 9.17) is 15.7 Å². The summed E-state index contributed by atoms with van der Waals surface area (Å²) in [6.07, 6.45) is 0.309. The van der Waals surface area contributed by atoms with E-state index in [1.54, 1.807) is 13.8 Å². The largest absolute Gasteiger partial charge is 0.511 e. The van der Waals surface area contributed by atoms with E-state index in [1.807, 2.05) is 0 Å². The molecule has 4 N–H and O–H groups in total. The van der Waals surface area contributed by atoms with Gasteiger partial charge in [-0.15, -0.1) is 0 Å². The summed E-state index contributed by atoms with van der Waals surface area (Å²) in [6.45, 7) is 3.20. The average Bonchev–Trinajstić information content (AvgIpc) is 1.97. The Morgan fingerprint density at radius 3 is 2.15 bits per heavy atom. The van der Waals surface area contributed by atoms with Crippen LogP contribution in [0.3, 0.4) is 0 Å². The van der Waals surface area contributed by atoms with Crippen LogP contribution in [-0.2, 0) is 9.36 Å². The second-order valence-electron chi connectivity index (χ2n) is 3.01. The molecule has 0 aromatic heterocycles. The van der Waals surface area contributed by atoms with Gasteiger partial charge in [-0.05, 0) is 17.9 Å². The van der Waals surface area contributed by atoms with Crippen molar-refractivity contribution in [3.8, 4) is 0 Å². The SMILES string of the molecule is CCC(C(=O)O)C(C(C)N)[P+](=O)O. The number of aliphatic carboxylic acids is 1. The third-order valence-corrected chi connectivity index (χ3v) is 3.30. The summed E-state index contributed by atoms with van der Waals surface area (Å²) in [5, 5.41) is 8.75. The molecule has 0 radical (unpaired) electrons. The van der Waals surface area contributed by atoms with Crippen molar-refractivity contribution in [2.24, 2.45) is 11.7 Å². The molecule has 0 fully saturated rings. The number of hydrogen-bond acceptors (Lipinski definition) is 3. The molecule has 0 spiro atoms. The molecule has 0 aromatic rings. The Balaban J connectivity index is 4.69. The van der Waals surface area contributed by atoms with Crippen molar-refractivity contribution in [3.63, 3.8) is 0 Å². The van der Waals surface area contributed by atoms with Gasteiger partial charge in [0, 0.05) is 0 Å². The van der Waals surface area contributed by atoms with Gasteiger partial charge in [-0.25, -0.2) is 0 Å². The highest BCUT2D eigenvalue weighted by Gasteiger charge is 2.43. The molecule has 0 saturated heterocycles. The van der Waals surface area contributed by atoms with E-state index >= 15 is 0 Å². The molecule has 0 heterocycles. The first-order valence-electron chi connectivity index (χ1n) is 4.05. The van der Waals surface area contributed by atoms with Gasteiger partial charge in [0.1, 0.15) is 5.92 Å². The van der Waals surface area contributed by atoms with Crippen LogP contribution in [-0.4, -0.2) is 27.7 Å². The molecule has 5 nitrogen and oxygen atoms in total. The Hall–Kier alpha value is -0.510. The highest BCUT2D eigenvalue weighted by molar-refractivity contribution is 7.39. The summed E-state index contributed by atoms with van der Waals surface area (Å²) < 4.78 is 10.9. The molecule has 0 rings (SSSR count). The molecule has 13 heavy (non-hydrogen) atoms. The first kappa shape index (κ1) is 12.5. The van der Waals surface area contributed by atoms with E-state index < -0.39 is 31.6 Å². The molecule has 0 bridgehead atoms. The third kappa shape index (κ3) is 3.38. The molecule has 76 valence electrons. The third-order valence-electron chi connectivity index (χ3n) is 1.96. The van der Waals surface area contributed by atoms with Gasteiger partial charge < -0.3 is 10.8 Å². The lowest BCUT2D eigenvalue weighted by Crippen LogP contribution is -2.38. The van der Waals surface area contributed by atoms with Crippen LogP contribution in [0.4, 0.5) is 0 Å². The van der Waals surface area contributed by atoms with Gasteiger partial charge in [0.25, 0.3) is 0 Å². The van der Waals surface area contributed by atoms with E-state index in [2.05, 4.69) is 0 Å². The van der Waals surface area contributed by atoms with Gasteiger partial charge in [-0.3, -0.25) is 4.79 Å². The molecular weight excluding hydrogens is 193 g/mol. The van der Waals surface area contributed by atoms with Gasteiger partial charge in [0.2, 0.25) is 5.66 Å². The topological polar surface area (TPSA) is 101 Å². The summed E-state index contributed by atoms with van der Waals surface area (Å²) in [5.74, 6) is -1.91. The highest BCUT2D eigenvalue weighted by Crippen LogP contribution is 2.32. The van der Waals surface area contributed by atoms with Gasteiger partial charge in [0.05, 0.1) is 6.04 Å². The van der Waals surface area contributed by atoms with E-state index in [0.717, 1.165) is 0 Å². The minimum absolute atomic E-state index is 0.309. The van der Waals surface area contributed by atoms with E-state index in [-0.39, 0.29) is 0 Å². The molecule has 0 aliphatic heterocycles. The standard InChI is InChI=1S/C7H14NO4P/c1-3-5(7(9)10)6(4(2)8)13(11)12/h4-6H,3,8H2,1-2H3,(H-,9,10,11,12)/p+1. The lowest BCUT2D eigenvalue weighted by molar-refractivity contribution is -0.142. The maximum atomic E-state index is 10.9. The number of carboxylic acid groups (broad SMARTS) is 1. The fourth-order valence-electron chi connectivity index (χ4n) is 1.28. The Morgan fingerprint density at radius 2 is 2.08 bits per heavy atom. The minimum Gasteiger partial charge on any atom is -0.481 e. The molecule has 0 aliphatic rings. The van der Waals surface area contributed by atoms with E-state index in [9.17, 15) is 9.36 Å². The Kier molecular flexibility index (Phi) is 5.06. The van der Waals surface area contributed by atoms with Crippen molar-refractivity contribution in [1.82, 2.24) is 0 Å². The van der Waals surface area contributed by atoms with Crippen LogP contribution >= 0.6 is 8.03 Å². The summed E-state index contributed by atoms with van der Waals surface area (Å²) in [7, 11) is -2.54. The number of hydrogen-bond donors (Lipinski definition) is 3. The summed E-state index contributed by atoms with van der Waals surface area (Å²) in [5.41, 5.74) is 4.58. The first-order valence-corrected chi connectivity index (χ1v) is 5.33. The Morgan fingerprint density at radius 1 is 1.62 bits per heavy atom. The smallest absolute Gasteiger partial charge is 0.481 e. The number of carboxylic acids is 1. The quantitative estimate of drug-likeness (QED) is 0.572. The van der Waals surface area contributed by atoms with Crippen LogP contribution < -0.4 is 5.73 Å². The van der Waals surface area contributed by atoms with Crippen molar-refractivity contribution >= 4 is 14.0 Å². The lowest BCUT2D eigenvalue weighted by Gasteiger charge is -2.15. The minimum atomic E-state index is -2.54. The summed E-state index contributed by atoms with van der Waals surface area (Å²) >= 11 is 0. The van der Waals surface area contributed by atoms with Crippen LogP contribution in [0, 0.1) is 5.92 Å². The van der Waals surface area contributed by atoms with Crippen LogP contribution in [0.2, 0.25) is 0 Å². The van der Waals surface area contributed by atoms with Gasteiger partial charge >= 0.3 is 14.0 Å². The zero-order valence-corrected chi connectivity index (χ0v) is 8.57. The Labute approximate surface area is 77.8 Å². The fourth-order valence-corrected chi connectivity index (χ4v) is 2.33. The Bertz CT molecular complexity index is 207. The van der Waals surface area contributed by atoms with Crippen LogP contribution in [0.5, 0.6) is 0 Å². The van der Waals surface area contributed by atoms with Gasteiger partial charge in [-0.1, -0.05) is 6.92 Å². The van der Waals surface area contributed by atoms with Crippen LogP contribution in [0.25, 0.3) is 0 Å². The molecule has 4 atom stereocenters. The molecular formula is C7H15NO4P+. The van der Waals surface area contributed by atoms with Crippen LogP contribution in [0.1, 0.15) is 20.3 Å². The number of carbonyl (C=O) groups is 1. The van der Waals surface area contributed by atoms with Crippen molar-refractivity contribution in [2.45, 2.75) is 32.0 Å². The molecule has 0 saturated carbocycles. The maximum Gasteiger partial charge on any atom is 0.511 e. The zero-order chi connectivity index (χ0) is 10.6. The lowest BCUT2D eigenvalue weighted by atomic mass is 9.98. The summed E-state index contributed by atoms with van der Waals surface area (Å²) in [4.78, 5) is 19.6. The van der Waals surface area contributed by atoms with E-state index in [0.29, 0.717) is 6.42 Å².